The van der Waals surface area contributed by atoms with Crippen LogP contribution in [0.4, 0.5) is 0 Å². The van der Waals surface area contributed by atoms with Crippen LogP contribution in [0.3, 0.4) is 0 Å². The molecule has 2 nitrogen and oxygen atoms in total. The molecular weight excluding hydrogens is 196 g/mol. The van der Waals surface area contributed by atoms with E-state index >= 15 is 0 Å². The summed E-state index contributed by atoms with van der Waals surface area (Å²) in [5, 5.41) is 9.65. The Labute approximate surface area is 89.3 Å². The van der Waals surface area contributed by atoms with Crippen molar-refractivity contribution in [3.8, 4) is 11.5 Å². The smallest absolute Gasteiger partial charge is 0.161 e. The van der Waals surface area contributed by atoms with Gasteiger partial charge in [-0.3, -0.25) is 0 Å². The van der Waals surface area contributed by atoms with Gasteiger partial charge in [0.15, 0.2) is 11.5 Å². The minimum atomic E-state index is -0.279. The second-order valence-corrected chi connectivity index (χ2v) is 4.93. The third-order valence-electron chi connectivity index (χ3n) is 1.58. The average molecular weight is 212 g/mol. The van der Waals surface area contributed by atoms with Gasteiger partial charge in [0.25, 0.3) is 0 Å². The Morgan fingerprint density at radius 2 is 1.93 bits per heavy atom. The van der Waals surface area contributed by atoms with E-state index in [-0.39, 0.29) is 11.4 Å². The lowest BCUT2D eigenvalue weighted by atomic mass is 10.2. The van der Waals surface area contributed by atoms with Crippen LogP contribution in [0.2, 0.25) is 0 Å². The van der Waals surface area contributed by atoms with E-state index in [0.717, 1.165) is 4.90 Å². The molecule has 0 amide bonds. The molecule has 0 aliphatic carbocycles. The summed E-state index contributed by atoms with van der Waals surface area (Å²) in [6, 6.07) is 5.45. The van der Waals surface area contributed by atoms with Gasteiger partial charge in [0.2, 0.25) is 0 Å². The normalized spacial score (nSPS) is 11.4. The predicted octanol–water partition coefficient (Wildman–Crippen LogP) is 3.29. The maximum Gasteiger partial charge on any atom is 0.161 e. The minimum absolute atomic E-state index is 0.201. The molecule has 0 aliphatic rings. The summed E-state index contributed by atoms with van der Waals surface area (Å²) in [6.07, 6.45) is 1.97. The summed E-state index contributed by atoms with van der Waals surface area (Å²) in [5.41, 5.74) is -0.279. The van der Waals surface area contributed by atoms with Gasteiger partial charge in [-0.25, -0.2) is 0 Å². The first kappa shape index (κ1) is 11.2. The van der Waals surface area contributed by atoms with Gasteiger partial charge in [0.05, 0.1) is 0 Å². The number of hydrogen-bond donors (Lipinski definition) is 1. The zero-order valence-electron chi connectivity index (χ0n) is 9.00. The second-order valence-electron chi connectivity index (χ2n) is 4.05. The monoisotopic (exact) mass is 212 g/mol. The fraction of sp³-hybridized carbons (Fsp3) is 0.455. The number of rotatable bonds is 2. The molecule has 3 heteroatoms. The highest BCUT2D eigenvalue weighted by Crippen LogP contribution is 2.32. The van der Waals surface area contributed by atoms with E-state index in [1.54, 1.807) is 23.9 Å². The Morgan fingerprint density at radius 3 is 2.36 bits per heavy atom. The van der Waals surface area contributed by atoms with Crippen LogP contribution in [0.25, 0.3) is 0 Å². The van der Waals surface area contributed by atoms with E-state index in [4.69, 9.17) is 4.74 Å². The lowest BCUT2D eigenvalue weighted by molar-refractivity contribution is 0.126. The van der Waals surface area contributed by atoms with Gasteiger partial charge in [0.1, 0.15) is 5.60 Å². The zero-order valence-corrected chi connectivity index (χ0v) is 9.81. The number of benzene rings is 1. The third kappa shape index (κ3) is 3.14. The van der Waals surface area contributed by atoms with Crippen molar-refractivity contribution >= 4 is 11.8 Å². The summed E-state index contributed by atoms with van der Waals surface area (Å²) in [4.78, 5) is 1.03. The summed E-state index contributed by atoms with van der Waals surface area (Å²) in [5.74, 6) is 0.738. The lowest BCUT2D eigenvalue weighted by Gasteiger charge is -2.21. The fourth-order valence-electron chi connectivity index (χ4n) is 1.04. The van der Waals surface area contributed by atoms with Crippen molar-refractivity contribution < 1.29 is 9.84 Å². The van der Waals surface area contributed by atoms with Crippen LogP contribution in [-0.2, 0) is 0 Å². The van der Waals surface area contributed by atoms with E-state index < -0.39 is 0 Å². The Kier molecular flexibility index (Phi) is 3.32. The summed E-state index contributed by atoms with van der Waals surface area (Å²) >= 11 is 1.59. The van der Waals surface area contributed by atoms with Crippen molar-refractivity contribution in [2.45, 2.75) is 31.3 Å². The molecule has 78 valence electrons. The first-order valence-corrected chi connectivity index (χ1v) is 5.71. The first-order chi connectivity index (χ1) is 6.42. The molecule has 0 atom stereocenters. The Morgan fingerprint density at radius 1 is 1.29 bits per heavy atom. The molecule has 0 aliphatic heterocycles. The Bertz CT molecular complexity index is 316. The standard InChI is InChI=1S/C11H16O2S/c1-11(2,3)13-10-6-5-8(14-4)7-9(10)12/h5-7,12H,1-4H3. The molecule has 0 fully saturated rings. The highest BCUT2D eigenvalue weighted by molar-refractivity contribution is 7.98. The van der Waals surface area contributed by atoms with Crippen molar-refractivity contribution in [3.63, 3.8) is 0 Å². The van der Waals surface area contributed by atoms with Crippen molar-refractivity contribution in [1.29, 1.82) is 0 Å². The number of hydrogen-bond acceptors (Lipinski definition) is 3. The lowest BCUT2D eigenvalue weighted by Crippen LogP contribution is -2.22. The fourth-order valence-corrected chi connectivity index (χ4v) is 1.47. The summed E-state index contributed by atoms with van der Waals surface area (Å²) in [7, 11) is 0. The van der Waals surface area contributed by atoms with Gasteiger partial charge in [-0.2, -0.15) is 0 Å². The number of phenolic OH excluding ortho intramolecular Hbond substituents is 1. The molecule has 1 aromatic carbocycles. The number of ether oxygens (including phenoxy) is 1. The number of thioether (sulfide) groups is 1. The molecule has 0 heterocycles. The van der Waals surface area contributed by atoms with E-state index in [2.05, 4.69) is 0 Å². The Balaban J connectivity index is 2.89. The van der Waals surface area contributed by atoms with Crippen molar-refractivity contribution in [1.82, 2.24) is 0 Å². The van der Waals surface area contributed by atoms with Crippen LogP contribution in [0, 0.1) is 0 Å². The van der Waals surface area contributed by atoms with Crippen LogP contribution in [0.5, 0.6) is 11.5 Å². The van der Waals surface area contributed by atoms with Gasteiger partial charge in [-0.15, -0.1) is 11.8 Å². The van der Waals surface area contributed by atoms with Gasteiger partial charge in [0, 0.05) is 4.90 Å². The van der Waals surface area contributed by atoms with Crippen LogP contribution < -0.4 is 4.74 Å². The molecule has 0 saturated carbocycles. The molecule has 0 radical (unpaired) electrons. The maximum atomic E-state index is 9.65. The molecule has 0 aromatic heterocycles. The average Bonchev–Trinajstić information content (AvgIpc) is 2.06. The highest BCUT2D eigenvalue weighted by atomic mass is 32.2. The van der Waals surface area contributed by atoms with Gasteiger partial charge >= 0.3 is 0 Å². The molecule has 0 saturated heterocycles. The van der Waals surface area contributed by atoms with E-state index in [1.807, 2.05) is 33.1 Å². The van der Waals surface area contributed by atoms with Gasteiger partial charge < -0.3 is 9.84 Å². The molecule has 0 unspecified atom stereocenters. The van der Waals surface area contributed by atoms with Crippen molar-refractivity contribution in [3.05, 3.63) is 18.2 Å². The quantitative estimate of drug-likeness (QED) is 0.763. The SMILES string of the molecule is CSc1ccc(OC(C)(C)C)c(O)c1. The van der Waals surface area contributed by atoms with Crippen LogP contribution >= 0.6 is 11.8 Å². The summed E-state index contributed by atoms with van der Waals surface area (Å²) < 4.78 is 5.57. The minimum Gasteiger partial charge on any atom is -0.504 e. The highest BCUT2D eigenvalue weighted by Gasteiger charge is 2.14. The number of phenols is 1. The first-order valence-electron chi connectivity index (χ1n) is 4.48. The van der Waals surface area contributed by atoms with E-state index in [0.29, 0.717) is 5.75 Å². The molecule has 1 rings (SSSR count). The van der Waals surface area contributed by atoms with E-state index in [1.165, 1.54) is 0 Å². The molecule has 0 spiro atoms. The number of aromatic hydroxyl groups is 1. The topological polar surface area (TPSA) is 29.5 Å². The summed E-state index contributed by atoms with van der Waals surface area (Å²) in [6.45, 7) is 5.86. The van der Waals surface area contributed by atoms with Gasteiger partial charge in [-0.05, 0) is 45.2 Å². The van der Waals surface area contributed by atoms with Crippen LogP contribution in [0.1, 0.15) is 20.8 Å². The molecule has 14 heavy (non-hydrogen) atoms. The maximum absolute atomic E-state index is 9.65. The van der Waals surface area contributed by atoms with Crippen LogP contribution in [0.15, 0.2) is 23.1 Å². The molecule has 0 bridgehead atoms. The Hall–Kier alpha value is -0.830. The zero-order chi connectivity index (χ0) is 10.8. The van der Waals surface area contributed by atoms with Crippen LogP contribution in [-0.4, -0.2) is 17.0 Å². The molecule has 1 N–H and O–H groups in total. The van der Waals surface area contributed by atoms with Crippen molar-refractivity contribution in [2.24, 2.45) is 0 Å². The molecule has 1 aromatic rings. The largest absolute Gasteiger partial charge is 0.504 e. The third-order valence-corrected chi connectivity index (χ3v) is 2.31. The predicted molar refractivity (Wildman–Crippen MR) is 60.3 cm³/mol. The van der Waals surface area contributed by atoms with E-state index in [9.17, 15) is 5.11 Å². The van der Waals surface area contributed by atoms with Gasteiger partial charge in [-0.1, -0.05) is 0 Å². The van der Waals surface area contributed by atoms with Crippen molar-refractivity contribution in [2.75, 3.05) is 6.26 Å². The molecular formula is C11H16O2S. The second kappa shape index (κ2) is 4.13.